The van der Waals surface area contributed by atoms with Gasteiger partial charge in [0.25, 0.3) is 0 Å². The van der Waals surface area contributed by atoms with Gasteiger partial charge in [-0.15, -0.1) is 0 Å². The summed E-state index contributed by atoms with van der Waals surface area (Å²) in [4.78, 5) is 3.29. The normalized spacial score (nSPS) is 10.5. The average molecular weight is 203 g/mol. The van der Waals surface area contributed by atoms with Gasteiger partial charge in [0.1, 0.15) is 11.4 Å². The van der Waals surface area contributed by atoms with Gasteiger partial charge in [-0.2, -0.15) is 13.2 Å². The number of nitrogens with zero attached hydrogens (tertiary/aromatic N) is 1. The largest absolute Gasteiger partial charge is 0.433 e. The van der Waals surface area contributed by atoms with Crippen LogP contribution in [0.25, 0.3) is 0 Å². The molecule has 0 saturated heterocycles. The van der Waals surface area contributed by atoms with Crippen molar-refractivity contribution in [1.29, 1.82) is 0 Å². The molecule has 0 aliphatic carbocycles. The molecule has 0 aliphatic heterocycles. The summed E-state index contributed by atoms with van der Waals surface area (Å²) < 4.78 is 36.2. The standard InChI is InChI=1S/C8H4F3NS/c9-8(10,11)7-3-1-2-6(12-7)4-5-13/h1-3,13H. The van der Waals surface area contributed by atoms with E-state index in [1.807, 2.05) is 0 Å². The van der Waals surface area contributed by atoms with E-state index in [0.717, 1.165) is 6.07 Å². The van der Waals surface area contributed by atoms with Crippen molar-refractivity contribution >= 4 is 12.6 Å². The lowest BCUT2D eigenvalue weighted by Gasteiger charge is -2.04. The fraction of sp³-hybridized carbons (Fsp3) is 0.125. The zero-order chi connectivity index (χ0) is 9.90. The second-order valence-electron chi connectivity index (χ2n) is 2.14. The van der Waals surface area contributed by atoms with E-state index >= 15 is 0 Å². The van der Waals surface area contributed by atoms with Gasteiger partial charge < -0.3 is 0 Å². The van der Waals surface area contributed by atoms with Crippen LogP contribution < -0.4 is 0 Å². The van der Waals surface area contributed by atoms with Crippen LogP contribution in [0, 0.1) is 11.2 Å². The Hall–Kier alpha value is -1.15. The highest BCUT2D eigenvalue weighted by atomic mass is 32.1. The van der Waals surface area contributed by atoms with Crippen LogP contribution in [0.2, 0.25) is 0 Å². The highest BCUT2D eigenvalue weighted by molar-refractivity contribution is 7.85. The molecule has 0 amide bonds. The number of thiol groups is 1. The van der Waals surface area contributed by atoms with Crippen LogP contribution in [0.1, 0.15) is 11.4 Å². The Labute approximate surface area is 78.4 Å². The summed E-state index contributed by atoms with van der Waals surface area (Å²) in [5.41, 5.74) is -0.883. The van der Waals surface area contributed by atoms with Gasteiger partial charge in [-0.05, 0) is 23.3 Å². The quantitative estimate of drug-likeness (QED) is 0.504. The Bertz CT molecular complexity index is 362. The Morgan fingerprint density at radius 2 is 2.00 bits per heavy atom. The van der Waals surface area contributed by atoms with E-state index in [0.29, 0.717) is 0 Å². The molecule has 0 bridgehead atoms. The van der Waals surface area contributed by atoms with E-state index in [1.54, 1.807) is 0 Å². The summed E-state index contributed by atoms with van der Waals surface area (Å²) in [5.74, 6) is 2.32. The van der Waals surface area contributed by atoms with E-state index in [-0.39, 0.29) is 5.69 Å². The topological polar surface area (TPSA) is 12.9 Å². The molecule has 0 unspecified atom stereocenters. The minimum Gasteiger partial charge on any atom is -0.235 e. The van der Waals surface area contributed by atoms with Crippen molar-refractivity contribution in [2.24, 2.45) is 0 Å². The zero-order valence-corrected chi connectivity index (χ0v) is 7.15. The Kier molecular flexibility index (Phi) is 2.83. The van der Waals surface area contributed by atoms with Gasteiger partial charge in [0.15, 0.2) is 0 Å². The highest BCUT2D eigenvalue weighted by Gasteiger charge is 2.32. The number of halogens is 3. The van der Waals surface area contributed by atoms with E-state index < -0.39 is 11.9 Å². The van der Waals surface area contributed by atoms with Crippen molar-refractivity contribution in [2.45, 2.75) is 6.18 Å². The second kappa shape index (κ2) is 3.71. The smallest absolute Gasteiger partial charge is 0.235 e. The van der Waals surface area contributed by atoms with E-state index in [9.17, 15) is 13.2 Å². The monoisotopic (exact) mass is 203 g/mol. The molecule has 0 N–H and O–H groups in total. The Morgan fingerprint density at radius 1 is 1.31 bits per heavy atom. The molecular formula is C8H4F3NS. The van der Waals surface area contributed by atoms with E-state index in [1.165, 1.54) is 12.1 Å². The number of rotatable bonds is 0. The fourth-order valence-corrected chi connectivity index (χ4v) is 0.834. The van der Waals surface area contributed by atoms with Crippen LogP contribution in [0.4, 0.5) is 13.2 Å². The van der Waals surface area contributed by atoms with E-state index in [2.05, 4.69) is 28.8 Å². The third kappa shape index (κ3) is 2.67. The van der Waals surface area contributed by atoms with Gasteiger partial charge in [-0.3, -0.25) is 0 Å². The van der Waals surface area contributed by atoms with Crippen molar-refractivity contribution < 1.29 is 13.2 Å². The van der Waals surface area contributed by atoms with Gasteiger partial charge in [0.05, 0.1) is 0 Å². The van der Waals surface area contributed by atoms with Gasteiger partial charge >= 0.3 is 6.18 Å². The third-order valence-electron chi connectivity index (χ3n) is 1.22. The minimum absolute atomic E-state index is 0.0600. The number of hydrogen-bond acceptors (Lipinski definition) is 2. The average Bonchev–Trinajstić information content (AvgIpc) is 2.04. The maximum absolute atomic E-state index is 12.1. The predicted molar refractivity (Wildman–Crippen MR) is 45.1 cm³/mol. The molecule has 1 aromatic rings. The molecule has 0 atom stereocenters. The summed E-state index contributed by atoms with van der Waals surface area (Å²) >= 11 is 3.56. The van der Waals surface area contributed by atoms with Crippen molar-refractivity contribution in [3.05, 3.63) is 29.6 Å². The summed E-state index contributed by atoms with van der Waals surface area (Å²) in [6.45, 7) is 0. The van der Waals surface area contributed by atoms with Crippen LogP contribution in [0.3, 0.4) is 0 Å². The lowest BCUT2D eigenvalue weighted by molar-refractivity contribution is -0.141. The van der Waals surface area contributed by atoms with Crippen LogP contribution in [-0.4, -0.2) is 4.98 Å². The summed E-state index contributed by atoms with van der Waals surface area (Å²) in [6, 6.07) is 3.53. The number of aromatic nitrogens is 1. The first-order valence-corrected chi connectivity index (χ1v) is 3.68. The summed E-state index contributed by atoms with van der Waals surface area (Å²) in [5, 5.41) is 2.18. The van der Waals surface area contributed by atoms with Gasteiger partial charge in [-0.25, -0.2) is 4.98 Å². The molecule has 1 aromatic heterocycles. The highest BCUT2D eigenvalue weighted by Crippen LogP contribution is 2.27. The number of alkyl halides is 3. The Morgan fingerprint density at radius 3 is 2.54 bits per heavy atom. The molecule has 1 nitrogen and oxygen atoms in total. The van der Waals surface area contributed by atoms with Crippen molar-refractivity contribution in [2.75, 3.05) is 0 Å². The van der Waals surface area contributed by atoms with Gasteiger partial charge in [0, 0.05) is 0 Å². The fourth-order valence-electron chi connectivity index (χ4n) is 0.719. The van der Waals surface area contributed by atoms with Crippen LogP contribution in [0.15, 0.2) is 18.2 Å². The van der Waals surface area contributed by atoms with Crippen molar-refractivity contribution in [3.63, 3.8) is 0 Å². The third-order valence-corrected chi connectivity index (χ3v) is 1.34. The molecule has 68 valence electrons. The van der Waals surface area contributed by atoms with Crippen LogP contribution >= 0.6 is 12.6 Å². The zero-order valence-electron chi connectivity index (χ0n) is 6.26. The molecule has 0 aromatic carbocycles. The molecule has 13 heavy (non-hydrogen) atoms. The van der Waals surface area contributed by atoms with Crippen molar-refractivity contribution in [1.82, 2.24) is 4.98 Å². The predicted octanol–water partition coefficient (Wildman–Crippen LogP) is 2.34. The lowest BCUT2D eigenvalue weighted by atomic mass is 10.3. The number of hydrogen-bond donors (Lipinski definition) is 1. The molecule has 0 aliphatic rings. The molecule has 0 radical (unpaired) electrons. The van der Waals surface area contributed by atoms with Gasteiger partial charge in [-0.1, -0.05) is 18.7 Å². The SMILES string of the molecule is FC(F)(F)c1cccc(C#CS)n1. The molecule has 0 fully saturated rings. The molecule has 1 heterocycles. The molecule has 5 heteroatoms. The molecule has 0 spiro atoms. The van der Waals surface area contributed by atoms with Crippen LogP contribution in [-0.2, 0) is 6.18 Å². The molecule has 1 rings (SSSR count). The first kappa shape index (κ1) is 9.93. The number of pyridine rings is 1. The Balaban J connectivity index is 3.10. The van der Waals surface area contributed by atoms with Crippen molar-refractivity contribution in [3.8, 4) is 11.2 Å². The second-order valence-corrected chi connectivity index (χ2v) is 2.37. The molecular weight excluding hydrogens is 199 g/mol. The first-order valence-electron chi connectivity index (χ1n) is 3.23. The maximum atomic E-state index is 12.1. The lowest BCUT2D eigenvalue weighted by Crippen LogP contribution is -2.08. The van der Waals surface area contributed by atoms with Crippen LogP contribution in [0.5, 0.6) is 0 Å². The first-order chi connectivity index (χ1) is 6.04. The summed E-state index contributed by atoms with van der Waals surface area (Å²) in [7, 11) is 0. The van der Waals surface area contributed by atoms with Gasteiger partial charge in [0.2, 0.25) is 0 Å². The van der Waals surface area contributed by atoms with E-state index in [4.69, 9.17) is 0 Å². The molecule has 0 saturated carbocycles. The minimum atomic E-state index is -4.42. The maximum Gasteiger partial charge on any atom is 0.433 e. The summed E-state index contributed by atoms with van der Waals surface area (Å²) in [6.07, 6.45) is -4.42.